The largest absolute Gasteiger partial charge is 0.416 e. The average molecular weight is 511 g/mol. The topological polar surface area (TPSA) is 80.5 Å². The van der Waals surface area contributed by atoms with Gasteiger partial charge in [-0.15, -0.1) is 0 Å². The number of nitrogens with two attached hydrogens (primary N) is 1. The maximum Gasteiger partial charge on any atom is 0.416 e. The van der Waals surface area contributed by atoms with Crippen LogP contribution in [0.5, 0.6) is 0 Å². The fourth-order valence-corrected chi connectivity index (χ4v) is 5.02. The molecule has 5 rings (SSSR count). The van der Waals surface area contributed by atoms with Crippen LogP contribution in [0.4, 0.5) is 18.9 Å². The number of amides is 1. The standard InChI is InChI=1S/C28H29F3N4O2/c1-18(19-2-4-20(5-3-19)25-11-23(28(29,30)31)7-6-21(25)12-32)34-26(36)22-10-24(14-33-13-22)35-9-8-27(15-35)16-37-17-27/h2-7,10-11,13-14,18H,8-9,12,15-17,32H2,1H3,(H,34,36)/t18-/m1/s1. The lowest BCUT2D eigenvalue weighted by molar-refractivity contribution is -0.137. The van der Waals surface area contributed by atoms with Crippen LogP contribution < -0.4 is 16.0 Å². The summed E-state index contributed by atoms with van der Waals surface area (Å²) in [5, 5.41) is 2.99. The van der Waals surface area contributed by atoms with Gasteiger partial charge in [-0.05, 0) is 53.8 Å². The first-order valence-corrected chi connectivity index (χ1v) is 12.3. The molecule has 1 aromatic heterocycles. The fraction of sp³-hybridized carbons (Fsp3) is 0.357. The highest BCUT2D eigenvalue weighted by Crippen LogP contribution is 2.39. The molecular formula is C28H29F3N4O2. The molecule has 3 N–H and O–H groups in total. The van der Waals surface area contributed by atoms with Crippen LogP contribution in [0.1, 0.15) is 46.4 Å². The van der Waals surface area contributed by atoms with E-state index in [1.807, 2.05) is 13.0 Å². The Bertz CT molecular complexity index is 1290. The van der Waals surface area contributed by atoms with Crippen molar-refractivity contribution in [3.8, 4) is 11.1 Å². The number of alkyl halides is 3. The van der Waals surface area contributed by atoms with Crippen LogP contribution in [-0.4, -0.2) is 37.2 Å². The first kappa shape index (κ1) is 25.2. The van der Waals surface area contributed by atoms with Gasteiger partial charge in [0.15, 0.2) is 0 Å². The number of rotatable bonds is 6. The molecule has 1 amide bonds. The number of carbonyl (C=O) groups is 1. The smallest absolute Gasteiger partial charge is 0.380 e. The molecular weight excluding hydrogens is 481 g/mol. The molecule has 9 heteroatoms. The lowest BCUT2D eigenvalue weighted by Crippen LogP contribution is -2.44. The molecule has 3 heterocycles. The highest BCUT2D eigenvalue weighted by molar-refractivity contribution is 5.95. The van der Waals surface area contributed by atoms with Crippen LogP contribution >= 0.6 is 0 Å². The van der Waals surface area contributed by atoms with Crippen LogP contribution in [0, 0.1) is 5.41 Å². The number of anilines is 1. The summed E-state index contributed by atoms with van der Waals surface area (Å²) in [5.41, 5.74) is 9.21. The van der Waals surface area contributed by atoms with Crippen molar-refractivity contribution in [1.29, 1.82) is 0 Å². The molecule has 0 unspecified atom stereocenters. The second kappa shape index (κ2) is 9.79. The molecule has 2 aliphatic heterocycles. The number of ether oxygens (including phenoxy) is 1. The monoisotopic (exact) mass is 510 g/mol. The maximum atomic E-state index is 13.2. The molecule has 194 valence electrons. The quantitative estimate of drug-likeness (QED) is 0.491. The van der Waals surface area contributed by atoms with Gasteiger partial charge in [0.2, 0.25) is 0 Å². The molecule has 0 radical (unpaired) electrons. The fourth-order valence-electron chi connectivity index (χ4n) is 5.02. The van der Waals surface area contributed by atoms with Crippen LogP contribution in [0.3, 0.4) is 0 Å². The Balaban J connectivity index is 1.28. The van der Waals surface area contributed by atoms with Crippen LogP contribution in [0.25, 0.3) is 11.1 Å². The van der Waals surface area contributed by atoms with Gasteiger partial charge in [0.1, 0.15) is 0 Å². The molecule has 2 aromatic carbocycles. The molecule has 1 atom stereocenters. The molecule has 37 heavy (non-hydrogen) atoms. The van der Waals surface area contributed by atoms with Gasteiger partial charge in [0.25, 0.3) is 5.91 Å². The summed E-state index contributed by atoms with van der Waals surface area (Å²) < 4.78 is 45.1. The summed E-state index contributed by atoms with van der Waals surface area (Å²) in [7, 11) is 0. The zero-order valence-corrected chi connectivity index (χ0v) is 20.5. The van der Waals surface area contributed by atoms with Crippen molar-refractivity contribution in [2.75, 3.05) is 31.2 Å². The molecule has 2 saturated heterocycles. The van der Waals surface area contributed by atoms with E-state index in [4.69, 9.17) is 10.5 Å². The molecule has 3 aromatic rings. The summed E-state index contributed by atoms with van der Waals surface area (Å²) in [6.07, 6.45) is -0.0336. The van der Waals surface area contributed by atoms with Crippen molar-refractivity contribution in [3.63, 3.8) is 0 Å². The minimum Gasteiger partial charge on any atom is -0.380 e. The number of nitrogens with zero attached hydrogens (tertiary/aromatic N) is 2. The summed E-state index contributed by atoms with van der Waals surface area (Å²) in [6.45, 7) is 5.38. The normalized spacial score (nSPS) is 17.5. The van der Waals surface area contributed by atoms with E-state index in [0.717, 1.165) is 56.1 Å². The van der Waals surface area contributed by atoms with Gasteiger partial charge >= 0.3 is 6.18 Å². The van der Waals surface area contributed by atoms with Gasteiger partial charge < -0.3 is 20.7 Å². The molecule has 0 bridgehead atoms. The molecule has 2 fully saturated rings. The molecule has 0 saturated carbocycles. The number of pyridine rings is 1. The van der Waals surface area contributed by atoms with Crippen LogP contribution in [0.15, 0.2) is 60.9 Å². The van der Waals surface area contributed by atoms with Crippen LogP contribution in [0.2, 0.25) is 0 Å². The zero-order valence-electron chi connectivity index (χ0n) is 20.5. The predicted octanol–water partition coefficient (Wildman–Crippen LogP) is 4.94. The Morgan fingerprint density at radius 3 is 2.54 bits per heavy atom. The van der Waals surface area contributed by atoms with E-state index in [-0.39, 0.29) is 23.9 Å². The van der Waals surface area contributed by atoms with Crippen molar-refractivity contribution in [1.82, 2.24) is 10.3 Å². The van der Waals surface area contributed by atoms with Gasteiger partial charge in [-0.3, -0.25) is 9.78 Å². The third-order valence-electron chi connectivity index (χ3n) is 7.33. The van der Waals surface area contributed by atoms with Gasteiger partial charge in [-0.25, -0.2) is 0 Å². The third-order valence-corrected chi connectivity index (χ3v) is 7.33. The van der Waals surface area contributed by atoms with Gasteiger partial charge in [0, 0.05) is 31.2 Å². The molecule has 2 aliphatic rings. The maximum absolute atomic E-state index is 13.2. The van der Waals surface area contributed by atoms with Crippen molar-refractivity contribution >= 4 is 11.6 Å². The van der Waals surface area contributed by atoms with Gasteiger partial charge in [-0.1, -0.05) is 30.3 Å². The molecule has 0 aliphatic carbocycles. The van der Waals surface area contributed by atoms with E-state index in [0.29, 0.717) is 22.3 Å². The Hall–Kier alpha value is -3.43. The second-order valence-electron chi connectivity index (χ2n) is 9.99. The summed E-state index contributed by atoms with van der Waals surface area (Å²) in [5.74, 6) is -0.241. The SMILES string of the molecule is C[C@@H](NC(=O)c1cncc(N2CCC3(COC3)C2)c1)c1ccc(-c2cc(C(F)(F)F)ccc2CN)cc1. The Labute approximate surface area is 213 Å². The van der Waals surface area contributed by atoms with Crippen molar-refractivity contribution < 1.29 is 22.7 Å². The number of nitrogens with one attached hydrogen (secondary N) is 1. The zero-order chi connectivity index (χ0) is 26.2. The van der Waals surface area contributed by atoms with Crippen molar-refractivity contribution in [2.45, 2.75) is 32.1 Å². The summed E-state index contributed by atoms with van der Waals surface area (Å²) >= 11 is 0. The van der Waals surface area contributed by atoms with Gasteiger partial charge in [-0.2, -0.15) is 13.2 Å². The first-order valence-electron chi connectivity index (χ1n) is 12.3. The number of hydrogen-bond donors (Lipinski definition) is 2. The van der Waals surface area contributed by atoms with Gasteiger partial charge in [0.05, 0.1) is 42.3 Å². The predicted molar refractivity (Wildman–Crippen MR) is 135 cm³/mol. The first-order chi connectivity index (χ1) is 17.7. The van der Waals surface area contributed by atoms with E-state index in [2.05, 4.69) is 15.2 Å². The molecule has 1 spiro atoms. The minimum atomic E-state index is -4.44. The van der Waals surface area contributed by atoms with E-state index in [1.54, 1.807) is 36.7 Å². The number of carbonyl (C=O) groups excluding carboxylic acids is 1. The van der Waals surface area contributed by atoms with E-state index in [1.165, 1.54) is 6.07 Å². The number of halogens is 3. The lowest BCUT2D eigenvalue weighted by Gasteiger charge is -2.37. The van der Waals surface area contributed by atoms with E-state index < -0.39 is 11.7 Å². The van der Waals surface area contributed by atoms with E-state index in [9.17, 15) is 18.0 Å². The second-order valence-corrected chi connectivity index (χ2v) is 9.99. The highest BCUT2D eigenvalue weighted by atomic mass is 19.4. The Kier molecular flexibility index (Phi) is 6.68. The third kappa shape index (κ3) is 5.19. The highest BCUT2D eigenvalue weighted by Gasteiger charge is 2.44. The van der Waals surface area contributed by atoms with Crippen molar-refractivity contribution in [3.05, 3.63) is 83.2 Å². The number of hydrogen-bond acceptors (Lipinski definition) is 5. The summed E-state index contributed by atoms with van der Waals surface area (Å²) in [4.78, 5) is 19.5. The number of benzene rings is 2. The minimum absolute atomic E-state index is 0.126. The van der Waals surface area contributed by atoms with Crippen molar-refractivity contribution in [2.24, 2.45) is 11.1 Å². The number of aromatic nitrogens is 1. The lowest BCUT2D eigenvalue weighted by atomic mass is 9.85. The summed E-state index contributed by atoms with van der Waals surface area (Å²) in [6, 6.07) is 12.2. The molecule has 6 nitrogen and oxygen atoms in total. The van der Waals surface area contributed by atoms with Crippen LogP contribution in [-0.2, 0) is 17.5 Å². The Morgan fingerprint density at radius 1 is 1.16 bits per heavy atom. The average Bonchev–Trinajstić information content (AvgIpc) is 3.35. The Morgan fingerprint density at radius 2 is 1.92 bits per heavy atom. The van der Waals surface area contributed by atoms with E-state index >= 15 is 0 Å².